The van der Waals surface area contributed by atoms with E-state index in [4.69, 9.17) is 14.3 Å². The molecule has 0 fully saturated rings. The number of carbonyl (C=O) groups excluding carboxylic acids is 1. The number of furan rings is 1. The molecule has 1 amide bonds. The fraction of sp³-hybridized carbons (Fsp3) is 0.280. The van der Waals surface area contributed by atoms with Crippen LogP contribution in [-0.4, -0.2) is 36.7 Å². The Labute approximate surface area is 196 Å². The largest absolute Gasteiger partial charge is 0.494 e. The van der Waals surface area contributed by atoms with Gasteiger partial charge >= 0.3 is 0 Å². The van der Waals surface area contributed by atoms with Crippen molar-refractivity contribution in [1.82, 2.24) is 29.5 Å². The molecule has 174 valence electrons. The molecule has 0 aliphatic rings. The number of rotatable bonds is 10. The smallest absolute Gasteiger partial charge is 0.220 e. The maximum Gasteiger partial charge on any atom is 0.220 e. The zero-order valence-corrected chi connectivity index (χ0v) is 19.0. The molecule has 0 radical (unpaired) electrons. The van der Waals surface area contributed by atoms with Crippen LogP contribution in [0, 0.1) is 0 Å². The lowest BCUT2D eigenvalue weighted by Gasteiger charge is -2.05. The van der Waals surface area contributed by atoms with Gasteiger partial charge in [-0.2, -0.15) is 5.10 Å². The van der Waals surface area contributed by atoms with Crippen molar-refractivity contribution in [3.8, 4) is 17.0 Å². The van der Waals surface area contributed by atoms with Gasteiger partial charge in [-0.05, 0) is 48.9 Å². The molecule has 0 atom stereocenters. The minimum Gasteiger partial charge on any atom is -0.494 e. The highest BCUT2D eigenvalue weighted by Gasteiger charge is 2.14. The Morgan fingerprint density at radius 3 is 2.82 bits per heavy atom. The maximum absolute atomic E-state index is 12.2. The number of hydrogen-bond acceptors (Lipinski definition) is 6. The van der Waals surface area contributed by atoms with Crippen molar-refractivity contribution in [2.24, 2.45) is 0 Å². The van der Waals surface area contributed by atoms with Gasteiger partial charge in [0.1, 0.15) is 22.9 Å². The molecule has 0 unspecified atom stereocenters. The Morgan fingerprint density at radius 2 is 2.03 bits per heavy atom. The quantitative estimate of drug-likeness (QED) is 0.317. The van der Waals surface area contributed by atoms with Gasteiger partial charge in [0.15, 0.2) is 5.65 Å². The van der Waals surface area contributed by atoms with Crippen LogP contribution in [0.4, 0.5) is 0 Å². The Kier molecular flexibility index (Phi) is 6.24. The minimum absolute atomic E-state index is 0.0667. The third-order valence-corrected chi connectivity index (χ3v) is 5.62. The second kappa shape index (κ2) is 9.78. The molecule has 1 N–H and O–H groups in total. The van der Waals surface area contributed by atoms with Crippen LogP contribution >= 0.6 is 0 Å². The molecule has 0 saturated heterocycles. The summed E-state index contributed by atoms with van der Waals surface area (Å²) in [5.41, 5.74) is 3.39. The topological polar surface area (TPSA) is 99.0 Å². The monoisotopic (exact) mass is 458 g/mol. The van der Waals surface area contributed by atoms with E-state index in [9.17, 15) is 4.79 Å². The third-order valence-electron chi connectivity index (χ3n) is 5.62. The molecule has 34 heavy (non-hydrogen) atoms. The minimum atomic E-state index is -0.0667. The van der Waals surface area contributed by atoms with Crippen molar-refractivity contribution >= 4 is 17.1 Å². The van der Waals surface area contributed by atoms with Crippen LogP contribution in [-0.2, 0) is 17.8 Å². The van der Waals surface area contributed by atoms with Crippen LogP contribution < -0.4 is 10.1 Å². The maximum atomic E-state index is 12.2. The zero-order chi connectivity index (χ0) is 23.3. The summed E-state index contributed by atoms with van der Waals surface area (Å²) in [4.78, 5) is 12.2. The predicted octanol–water partition coefficient (Wildman–Crippen LogP) is 4.06. The van der Waals surface area contributed by atoms with Crippen molar-refractivity contribution in [3.63, 3.8) is 0 Å². The van der Waals surface area contributed by atoms with E-state index in [1.54, 1.807) is 16.8 Å². The molecular formula is C25H26N6O3. The summed E-state index contributed by atoms with van der Waals surface area (Å²) < 4.78 is 14.7. The molecule has 0 bridgehead atoms. The second-order valence-corrected chi connectivity index (χ2v) is 8.05. The average Bonchev–Trinajstić information content (AvgIpc) is 3.61. The number of unbranched alkanes of at least 4 members (excludes halogenated alkanes) is 1. The zero-order valence-electron chi connectivity index (χ0n) is 19.0. The highest BCUT2D eigenvalue weighted by Crippen LogP contribution is 2.24. The van der Waals surface area contributed by atoms with Crippen LogP contribution in [0.15, 0.2) is 65.5 Å². The fourth-order valence-corrected chi connectivity index (χ4v) is 3.74. The van der Waals surface area contributed by atoms with E-state index in [1.807, 2.05) is 53.2 Å². The molecule has 0 aliphatic carbocycles. The Balaban J connectivity index is 1.29. The second-order valence-electron chi connectivity index (χ2n) is 8.05. The van der Waals surface area contributed by atoms with E-state index >= 15 is 0 Å². The van der Waals surface area contributed by atoms with Gasteiger partial charge in [0.25, 0.3) is 0 Å². The van der Waals surface area contributed by atoms with E-state index in [1.165, 1.54) is 0 Å². The number of hydrogen-bond donors (Lipinski definition) is 1. The number of benzene rings is 1. The van der Waals surface area contributed by atoms with E-state index in [-0.39, 0.29) is 5.91 Å². The molecule has 9 nitrogen and oxygen atoms in total. The van der Waals surface area contributed by atoms with Crippen LogP contribution in [0.25, 0.3) is 22.4 Å². The molecule has 4 heterocycles. The highest BCUT2D eigenvalue weighted by molar-refractivity contribution is 5.77. The first kappa shape index (κ1) is 21.7. The first-order valence-corrected chi connectivity index (χ1v) is 11.5. The third kappa shape index (κ3) is 4.63. The van der Waals surface area contributed by atoms with Crippen molar-refractivity contribution in [1.29, 1.82) is 0 Å². The molecule has 5 aromatic rings. The SMILES string of the molecule is CCCCOc1ccc(-c2cc3c4nnc(CCC(=O)NCc5ccco5)n4ccn3n2)cc1. The van der Waals surface area contributed by atoms with Gasteiger partial charge in [-0.1, -0.05) is 13.3 Å². The molecule has 4 aromatic heterocycles. The average molecular weight is 459 g/mol. The number of carbonyl (C=O) groups is 1. The predicted molar refractivity (Wildman–Crippen MR) is 126 cm³/mol. The normalized spacial score (nSPS) is 11.3. The Bertz CT molecular complexity index is 1390. The molecule has 5 rings (SSSR count). The number of amides is 1. The van der Waals surface area contributed by atoms with Crippen molar-refractivity contribution in [2.75, 3.05) is 6.61 Å². The highest BCUT2D eigenvalue weighted by atomic mass is 16.5. The van der Waals surface area contributed by atoms with Crippen LogP contribution in [0.3, 0.4) is 0 Å². The van der Waals surface area contributed by atoms with Gasteiger partial charge in [0.05, 0.1) is 25.1 Å². The molecule has 0 aliphatic heterocycles. The van der Waals surface area contributed by atoms with Crippen molar-refractivity contribution < 1.29 is 13.9 Å². The first-order chi connectivity index (χ1) is 16.7. The van der Waals surface area contributed by atoms with Gasteiger partial charge in [0, 0.05) is 30.8 Å². The van der Waals surface area contributed by atoms with Gasteiger partial charge < -0.3 is 14.5 Å². The van der Waals surface area contributed by atoms with E-state index in [0.29, 0.717) is 25.0 Å². The summed E-state index contributed by atoms with van der Waals surface area (Å²) in [5, 5.41) is 16.2. The molecule has 1 aromatic carbocycles. The lowest BCUT2D eigenvalue weighted by atomic mass is 10.1. The van der Waals surface area contributed by atoms with Gasteiger partial charge in [-0.25, -0.2) is 4.52 Å². The van der Waals surface area contributed by atoms with Crippen LogP contribution in [0.1, 0.15) is 37.8 Å². The molecule has 0 saturated carbocycles. The van der Waals surface area contributed by atoms with Gasteiger partial charge in [-0.3, -0.25) is 9.20 Å². The summed E-state index contributed by atoms with van der Waals surface area (Å²) in [7, 11) is 0. The summed E-state index contributed by atoms with van der Waals surface area (Å²) in [6.45, 7) is 3.24. The lowest BCUT2D eigenvalue weighted by molar-refractivity contribution is -0.121. The first-order valence-electron chi connectivity index (χ1n) is 11.5. The van der Waals surface area contributed by atoms with Crippen molar-refractivity contribution in [2.45, 2.75) is 39.2 Å². The van der Waals surface area contributed by atoms with Crippen molar-refractivity contribution in [3.05, 3.63) is 72.7 Å². The summed E-state index contributed by atoms with van der Waals surface area (Å²) >= 11 is 0. The van der Waals surface area contributed by atoms with Gasteiger partial charge in [0.2, 0.25) is 5.91 Å². The molecule has 0 spiro atoms. The Morgan fingerprint density at radius 1 is 1.15 bits per heavy atom. The number of nitrogens with zero attached hydrogens (tertiary/aromatic N) is 5. The summed E-state index contributed by atoms with van der Waals surface area (Å²) in [5.74, 6) is 2.24. The number of fused-ring (bicyclic) bond motifs is 3. The van der Waals surface area contributed by atoms with E-state index in [2.05, 4.69) is 22.4 Å². The standard InChI is InChI=1S/C25H26N6O3/c1-2-3-14-33-19-8-6-18(7-9-19)21-16-22-25-28-27-23(30(25)12-13-31(22)29-21)10-11-24(32)26-17-20-5-4-15-34-20/h4-9,12-13,15-16H,2-3,10-11,14,17H2,1H3,(H,26,32). The van der Waals surface area contributed by atoms with E-state index < -0.39 is 0 Å². The number of aryl methyl sites for hydroxylation is 1. The summed E-state index contributed by atoms with van der Waals surface area (Å²) in [6, 6.07) is 13.6. The number of aromatic nitrogens is 5. The molecule has 9 heteroatoms. The number of ether oxygens (including phenoxy) is 1. The number of nitrogens with one attached hydrogen (secondary N) is 1. The van der Waals surface area contributed by atoms with Gasteiger partial charge in [-0.15, -0.1) is 10.2 Å². The van der Waals surface area contributed by atoms with E-state index in [0.717, 1.165) is 53.6 Å². The van der Waals surface area contributed by atoms with Crippen LogP contribution in [0.5, 0.6) is 5.75 Å². The fourth-order valence-electron chi connectivity index (χ4n) is 3.74. The summed E-state index contributed by atoms with van der Waals surface area (Å²) in [6.07, 6.45) is 8.27. The Hall–Kier alpha value is -4.14. The van der Waals surface area contributed by atoms with Crippen LogP contribution in [0.2, 0.25) is 0 Å². The molecular weight excluding hydrogens is 432 g/mol. The lowest BCUT2D eigenvalue weighted by Crippen LogP contribution is -2.23.